The second kappa shape index (κ2) is 9.07. The van der Waals surface area contributed by atoms with Crippen LogP contribution in [0.4, 0.5) is 18.9 Å². The number of benzene rings is 2. The fourth-order valence-corrected chi connectivity index (χ4v) is 2.24. The van der Waals surface area contributed by atoms with Gasteiger partial charge in [0.1, 0.15) is 11.5 Å². The van der Waals surface area contributed by atoms with Gasteiger partial charge >= 0.3 is 6.36 Å². The van der Waals surface area contributed by atoms with Gasteiger partial charge < -0.3 is 14.8 Å². The Morgan fingerprint density at radius 3 is 2.07 bits per heavy atom. The highest BCUT2D eigenvalue weighted by atomic mass is 19.4. The van der Waals surface area contributed by atoms with Gasteiger partial charge in [0.05, 0.1) is 6.61 Å². The molecule has 0 unspecified atom stereocenters. The summed E-state index contributed by atoms with van der Waals surface area (Å²) < 4.78 is 45.3. The summed E-state index contributed by atoms with van der Waals surface area (Å²) in [5, 5.41) is 2.52. The SMILES string of the molecule is CCOc1ccc(C(=O)CCC(=O)Nc2ccc(OC(F)(F)F)cc2)cc1. The van der Waals surface area contributed by atoms with Crippen molar-refractivity contribution in [3.8, 4) is 11.5 Å². The fourth-order valence-electron chi connectivity index (χ4n) is 2.24. The maximum absolute atomic E-state index is 12.1. The van der Waals surface area contributed by atoms with Gasteiger partial charge in [0, 0.05) is 24.1 Å². The zero-order valence-electron chi connectivity index (χ0n) is 14.5. The van der Waals surface area contributed by atoms with Crippen LogP contribution in [0.5, 0.6) is 11.5 Å². The molecule has 0 spiro atoms. The van der Waals surface area contributed by atoms with E-state index in [9.17, 15) is 22.8 Å². The summed E-state index contributed by atoms with van der Waals surface area (Å²) in [5.74, 6) is -0.336. The van der Waals surface area contributed by atoms with Gasteiger partial charge in [0.25, 0.3) is 0 Å². The van der Waals surface area contributed by atoms with Crippen molar-refractivity contribution in [1.29, 1.82) is 0 Å². The maximum atomic E-state index is 12.1. The number of alkyl halides is 3. The standard InChI is InChI=1S/C19H18F3NO4/c1-2-26-15-7-3-13(4-8-15)17(24)11-12-18(25)23-14-5-9-16(10-6-14)27-19(20,21)22/h3-10H,2,11-12H2,1H3,(H,23,25). The van der Waals surface area contributed by atoms with Gasteiger partial charge in [0.2, 0.25) is 5.91 Å². The molecule has 1 amide bonds. The zero-order valence-corrected chi connectivity index (χ0v) is 14.5. The second-order valence-corrected chi connectivity index (χ2v) is 5.50. The van der Waals surface area contributed by atoms with Crippen molar-refractivity contribution in [3.63, 3.8) is 0 Å². The van der Waals surface area contributed by atoms with Crippen LogP contribution in [0.15, 0.2) is 48.5 Å². The number of nitrogens with one attached hydrogen (secondary N) is 1. The molecule has 0 aliphatic rings. The summed E-state index contributed by atoms with van der Waals surface area (Å²) in [6.07, 6.45) is -4.81. The average Bonchev–Trinajstić information content (AvgIpc) is 2.61. The monoisotopic (exact) mass is 381 g/mol. The van der Waals surface area contributed by atoms with E-state index in [2.05, 4.69) is 10.1 Å². The molecule has 0 aromatic heterocycles. The van der Waals surface area contributed by atoms with Crippen molar-refractivity contribution in [2.24, 2.45) is 0 Å². The van der Waals surface area contributed by atoms with Crippen molar-refractivity contribution in [1.82, 2.24) is 0 Å². The minimum Gasteiger partial charge on any atom is -0.494 e. The van der Waals surface area contributed by atoms with Gasteiger partial charge in [-0.1, -0.05) is 0 Å². The van der Waals surface area contributed by atoms with Crippen LogP contribution in [0.25, 0.3) is 0 Å². The third-order valence-electron chi connectivity index (χ3n) is 3.44. The minimum absolute atomic E-state index is 0.00901. The summed E-state index contributed by atoms with van der Waals surface area (Å²) >= 11 is 0. The summed E-state index contributed by atoms with van der Waals surface area (Å²) in [4.78, 5) is 24.0. The molecule has 0 aliphatic heterocycles. The van der Waals surface area contributed by atoms with Gasteiger partial charge in [0.15, 0.2) is 5.78 Å². The topological polar surface area (TPSA) is 64.6 Å². The van der Waals surface area contributed by atoms with Gasteiger partial charge in [-0.15, -0.1) is 13.2 Å². The molecule has 0 saturated heterocycles. The van der Waals surface area contributed by atoms with E-state index in [4.69, 9.17) is 4.74 Å². The van der Waals surface area contributed by atoms with Crippen LogP contribution in [0.1, 0.15) is 30.1 Å². The van der Waals surface area contributed by atoms with Gasteiger partial charge in [-0.05, 0) is 55.5 Å². The molecule has 2 aromatic carbocycles. The normalized spacial score (nSPS) is 11.0. The Morgan fingerprint density at radius 2 is 1.52 bits per heavy atom. The molecule has 2 aromatic rings. The summed E-state index contributed by atoms with van der Waals surface area (Å²) in [5.41, 5.74) is 0.781. The van der Waals surface area contributed by atoms with Crippen molar-refractivity contribution in [2.75, 3.05) is 11.9 Å². The van der Waals surface area contributed by atoms with E-state index in [1.807, 2.05) is 6.92 Å². The Balaban J connectivity index is 1.82. The number of amides is 1. The number of ketones is 1. The number of hydrogen-bond donors (Lipinski definition) is 1. The molecule has 2 rings (SSSR count). The molecule has 5 nitrogen and oxygen atoms in total. The molecule has 0 aliphatic carbocycles. The first-order valence-electron chi connectivity index (χ1n) is 8.18. The lowest BCUT2D eigenvalue weighted by Gasteiger charge is -2.10. The number of halogens is 3. The molecule has 8 heteroatoms. The Bertz CT molecular complexity index is 771. The molecule has 0 radical (unpaired) electrons. The first-order valence-corrected chi connectivity index (χ1v) is 8.18. The molecule has 144 valence electrons. The Hall–Kier alpha value is -3.03. The first-order chi connectivity index (χ1) is 12.8. The zero-order chi connectivity index (χ0) is 19.9. The molecular formula is C19H18F3NO4. The van der Waals surface area contributed by atoms with E-state index in [-0.39, 0.29) is 24.4 Å². The van der Waals surface area contributed by atoms with Crippen LogP contribution < -0.4 is 14.8 Å². The van der Waals surface area contributed by atoms with Gasteiger partial charge in [-0.3, -0.25) is 9.59 Å². The van der Waals surface area contributed by atoms with Gasteiger partial charge in [-0.2, -0.15) is 0 Å². The molecule has 27 heavy (non-hydrogen) atoms. The van der Waals surface area contributed by atoms with E-state index in [0.29, 0.717) is 23.6 Å². The predicted octanol–water partition coefficient (Wildman–Crippen LogP) is 4.59. The van der Waals surface area contributed by atoms with Crippen LogP contribution in [0.3, 0.4) is 0 Å². The summed E-state index contributed by atoms with van der Waals surface area (Å²) in [6, 6.07) is 11.4. The lowest BCUT2D eigenvalue weighted by Crippen LogP contribution is -2.17. The Kier molecular flexibility index (Phi) is 6.81. The van der Waals surface area contributed by atoms with Crippen LogP contribution in [0.2, 0.25) is 0 Å². The van der Waals surface area contributed by atoms with Crippen molar-refractivity contribution in [2.45, 2.75) is 26.1 Å². The fraction of sp³-hybridized carbons (Fsp3) is 0.263. The Labute approximate surface area is 154 Å². The van der Waals surface area contributed by atoms with E-state index >= 15 is 0 Å². The highest BCUT2D eigenvalue weighted by molar-refractivity contribution is 6.00. The molecule has 0 bridgehead atoms. The molecule has 0 saturated carbocycles. The Morgan fingerprint density at radius 1 is 0.926 bits per heavy atom. The molecule has 0 heterocycles. The summed E-state index contributed by atoms with van der Waals surface area (Å²) in [7, 11) is 0. The molecule has 0 atom stereocenters. The maximum Gasteiger partial charge on any atom is 0.573 e. The minimum atomic E-state index is -4.77. The van der Waals surface area contributed by atoms with E-state index in [0.717, 1.165) is 12.1 Å². The number of ether oxygens (including phenoxy) is 2. The highest BCUT2D eigenvalue weighted by Crippen LogP contribution is 2.24. The predicted molar refractivity (Wildman–Crippen MR) is 92.9 cm³/mol. The van der Waals surface area contributed by atoms with Crippen molar-refractivity contribution < 1.29 is 32.2 Å². The number of carbonyl (C=O) groups excluding carboxylic acids is 2. The smallest absolute Gasteiger partial charge is 0.494 e. The van der Waals surface area contributed by atoms with Crippen LogP contribution in [0, 0.1) is 0 Å². The van der Waals surface area contributed by atoms with E-state index in [1.54, 1.807) is 24.3 Å². The highest BCUT2D eigenvalue weighted by Gasteiger charge is 2.30. The number of hydrogen-bond acceptors (Lipinski definition) is 4. The van der Waals surface area contributed by atoms with Crippen molar-refractivity contribution >= 4 is 17.4 Å². The molecular weight excluding hydrogens is 363 g/mol. The lowest BCUT2D eigenvalue weighted by atomic mass is 10.1. The third kappa shape index (κ3) is 7.01. The second-order valence-electron chi connectivity index (χ2n) is 5.50. The largest absolute Gasteiger partial charge is 0.573 e. The molecule has 0 fully saturated rings. The quantitative estimate of drug-likeness (QED) is 0.680. The van der Waals surface area contributed by atoms with Crippen molar-refractivity contribution in [3.05, 3.63) is 54.1 Å². The average molecular weight is 381 g/mol. The van der Waals surface area contributed by atoms with Crippen LogP contribution >= 0.6 is 0 Å². The number of anilines is 1. The van der Waals surface area contributed by atoms with Gasteiger partial charge in [-0.25, -0.2) is 0 Å². The number of Topliss-reactive ketones (excluding diaryl/α,β-unsaturated/α-hetero) is 1. The number of rotatable bonds is 8. The van der Waals surface area contributed by atoms with E-state index in [1.165, 1.54) is 12.1 Å². The first kappa shape index (κ1) is 20.3. The number of carbonyl (C=O) groups is 2. The van der Waals surface area contributed by atoms with Crippen LogP contribution in [-0.2, 0) is 4.79 Å². The van der Waals surface area contributed by atoms with Crippen LogP contribution in [-0.4, -0.2) is 24.7 Å². The van der Waals surface area contributed by atoms with E-state index < -0.39 is 12.3 Å². The lowest BCUT2D eigenvalue weighted by molar-refractivity contribution is -0.274. The third-order valence-corrected chi connectivity index (χ3v) is 3.44. The summed E-state index contributed by atoms with van der Waals surface area (Å²) in [6.45, 7) is 2.38. The molecule has 1 N–H and O–H groups in total.